The quantitative estimate of drug-likeness (QED) is 0.573. The fourth-order valence-electron chi connectivity index (χ4n) is 3.61. The van der Waals surface area contributed by atoms with Crippen LogP contribution in [0.4, 0.5) is 11.4 Å². The number of benzene rings is 2. The summed E-state index contributed by atoms with van der Waals surface area (Å²) < 4.78 is 11.0. The van der Waals surface area contributed by atoms with Crippen LogP contribution in [-0.4, -0.2) is 26.1 Å². The summed E-state index contributed by atoms with van der Waals surface area (Å²) in [5.41, 5.74) is 2.63. The average Bonchev–Trinajstić information content (AvgIpc) is 3.25. The van der Waals surface area contributed by atoms with Crippen LogP contribution in [0.15, 0.2) is 59.0 Å². The molecule has 5 nitrogen and oxygen atoms in total. The van der Waals surface area contributed by atoms with E-state index in [2.05, 4.69) is 10.2 Å². The van der Waals surface area contributed by atoms with Gasteiger partial charge in [-0.15, -0.1) is 0 Å². The number of piperidine rings is 1. The van der Waals surface area contributed by atoms with E-state index in [9.17, 15) is 4.79 Å². The van der Waals surface area contributed by atoms with Crippen LogP contribution >= 0.6 is 11.6 Å². The molecular formula is C23H23ClN2O3. The molecule has 0 bridgehead atoms. The molecule has 0 unspecified atom stereocenters. The summed E-state index contributed by atoms with van der Waals surface area (Å²) in [5, 5.41) is 3.49. The molecule has 1 aromatic heterocycles. The zero-order valence-electron chi connectivity index (χ0n) is 16.3. The molecule has 1 saturated heterocycles. The van der Waals surface area contributed by atoms with E-state index in [-0.39, 0.29) is 11.7 Å². The first kappa shape index (κ1) is 19.4. The van der Waals surface area contributed by atoms with E-state index < -0.39 is 0 Å². The predicted octanol–water partition coefficient (Wildman–Crippen LogP) is 5.85. The first-order chi connectivity index (χ1) is 14.2. The minimum atomic E-state index is -0.277. The predicted molar refractivity (Wildman–Crippen MR) is 116 cm³/mol. The maximum atomic E-state index is 12.8. The summed E-state index contributed by atoms with van der Waals surface area (Å²) in [6.45, 7) is 2.02. The molecule has 2 heterocycles. The number of rotatable bonds is 5. The van der Waals surface area contributed by atoms with Crippen LogP contribution in [0.3, 0.4) is 0 Å². The van der Waals surface area contributed by atoms with E-state index in [1.165, 1.54) is 19.3 Å². The number of para-hydroxylation sites is 2. The van der Waals surface area contributed by atoms with Gasteiger partial charge in [-0.1, -0.05) is 23.7 Å². The van der Waals surface area contributed by atoms with Gasteiger partial charge in [0.15, 0.2) is 5.76 Å². The van der Waals surface area contributed by atoms with Crippen molar-refractivity contribution < 1.29 is 13.9 Å². The van der Waals surface area contributed by atoms with Gasteiger partial charge in [-0.3, -0.25) is 4.79 Å². The Labute approximate surface area is 175 Å². The summed E-state index contributed by atoms with van der Waals surface area (Å²) >= 11 is 6.20. The molecule has 0 aliphatic carbocycles. The zero-order valence-corrected chi connectivity index (χ0v) is 17.0. The number of nitrogens with zero attached hydrogens (tertiary/aromatic N) is 1. The van der Waals surface area contributed by atoms with Crippen molar-refractivity contribution in [1.29, 1.82) is 0 Å². The molecule has 6 heteroatoms. The third-order valence-corrected chi connectivity index (χ3v) is 5.41. The third-order valence-electron chi connectivity index (χ3n) is 5.12. The second-order valence-electron chi connectivity index (χ2n) is 7.03. The van der Waals surface area contributed by atoms with Crippen LogP contribution in [-0.2, 0) is 0 Å². The van der Waals surface area contributed by atoms with Gasteiger partial charge >= 0.3 is 0 Å². The number of hydrogen-bond acceptors (Lipinski definition) is 4. The molecule has 29 heavy (non-hydrogen) atoms. The van der Waals surface area contributed by atoms with Gasteiger partial charge in [0.1, 0.15) is 11.5 Å². The maximum Gasteiger partial charge on any atom is 0.291 e. The molecule has 3 aromatic rings. The molecule has 150 valence electrons. The Bertz CT molecular complexity index is 1010. The van der Waals surface area contributed by atoms with Gasteiger partial charge in [-0.2, -0.15) is 0 Å². The molecule has 1 fully saturated rings. The lowest BCUT2D eigenvalue weighted by molar-refractivity contribution is 0.0997. The van der Waals surface area contributed by atoms with Crippen LogP contribution in [0.5, 0.6) is 5.75 Å². The first-order valence-electron chi connectivity index (χ1n) is 9.75. The molecule has 1 aliphatic rings. The number of ether oxygens (including phenoxy) is 1. The lowest BCUT2D eigenvalue weighted by Gasteiger charge is -2.30. The molecule has 0 radical (unpaired) electrons. The topological polar surface area (TPSA) is 54.7 Å². The van der Waals surface area contributed by atoms with Gasteiger partial charge in [0, 0.05) is 18.7 Å². The van der Waals surface area contributed by atoms with Crippen LogP contribution in [0.2, 0.25) is 5.02 Å². The molecule has 1 aliphatic heterocycles. The molecule has 0 atom stereocenters. The van der Waals surface area contributed by atoms with Gasteiger partial charge < -0.3 is 19.4 Å². The molecular weight excluding hydrogens is 388 g/mol. The monoisotopic (exact) mass is 410 g/mol. The van der Waals surface area contributed by atoms with Gasteiger partial charge in [0.2, 0.25) is 0 Å². The number of anilines is 2. The van der Waals surface area contributed by atoms with Crippen LogP contribution in [0.1, 0.15) is 29.8 Å². The van der Waals surface area contributed by atoms with Crippen molar-refractivity contribution in [2.75, 3.05) is 30.4 Å². The van der Waals surface area contributed by atoms with Crippen molar-refractivity contribution in [2.24, 2.45) is 0 Å². The van der Waals surface area contributed by atoms with Crippen molar-refractivity contribution >= 4 is 28.9 Å². The summed E-state index contributed by atoms with van der Waals surface area (Å²) in [6.07, 6.45) is 3.61. The number of methoxy groups -OCH3 is 1. The highest BCUT2D eigenvalue weighted by Gasteiger charge is 2.18. The first-order valence-corrected chi connectivity index (χ1v) is 10.1. The Hall–Kier alpha value is -2.92. The van der Waals surface area contributed by atoms with Crippen molar-refractivity contribution in [3.63, 3.8) is 0 Å². The van der Waals surface area contributed by atoms with Crippen molar-refractivity contribution in [2.45, 2.75) is 19.3 Å². The second-order valence-corrected chi connectivity index (χ2v) is 7.44. The number of nitrogens with one attached hydrogen (secondary N) is 1. The van der Waals surface area contributed by atoms with Crippen LogP contribution in [0, 0.1) is 0 Å². The SMILES string of the molecule is COc1ccc(-c2ccc(C(=O)Nc3ccccc3N3CCCCC3)o2)cc1Cl. The fraction of sp³-hybridized carbons (Fsp3) is 0.261. The van der Waals surface area contributed by atoms with E-state index in [1.807, 2.05) is 30.3 Å². The Morgan fingerprint density at radius 3 is 2.62 bits per heavy atom. The molecule has 2 aromatic carbocycles. The third kappa shape index (κ3) is 4.25. The average molecular weight is 411 g/mol. The molecule has 1 N–H and O–H groups in total. The second kappa shape index (κ2) is 8.62. The van der Waals surface area contributed by atoms with Gasteiger partial charge in [0.25, 0.3) is 5.91 Å². The lowest BCUT2D eigenvalue weighted by atomic mass is 10.1. The number of carbonyl (C=O) groups is 1. The van der Waals surface area contributed by atoms with E-state index in [0.717, 1.165) is 30.0 Å². The summed E-state index contributed by atoms with van der Waals surface area (Å²) in [6, 6.07) is 16.7. The number of furan rings is 1. The number of hydrogen-bond donors (Lipinski definition) is 1. The van der Waals surface area contributed by atoms with Gasteiger partial charge in [-0.25, -0.2) is 0 Å². The largest absolute Gasteiger partial charge is 0.495 e. The maximum absolute atomic E-state index is 12.8. The molecule has 0 spiro atoms. The number of halogens is 1. The van der Waals surface area contributed by atoms with E-state index in [1.54, 1.807) is 31.4 Å². The Morgan fingerprint density at radius 2 is 1.86 bits per heavy atom. The number of amides is 1. The molecule has 1 amide bonds. The highest BCUT2D eigenvalue weighted by Crippen LogP contribution is 2.32. The normalized spacial score (nSPS) is 13.9. The lowest BCUT2D eigenvalue weighted by Crippen LogP contribution is -2.30. The van der Waals surface area contributed by atoms with Crippen molar-refractivity contribution in [3.05, 3.63) is 65.4 Å². The number of carbonyl (C=O) groups excluding carboxylic acids is 1. The molecule has 0 saturated carbocycles. The summed E-state index contributed by atoms with van der Waals surface area (Å²) in [5.74, 6) is 1.14. The van der Waals surface area contributed by atoms with Crippen LogP contribution in [0.25, 0.3) is 11.3 Å². The standard InChI is InChI=1S/C23H23ClN2O3/c1-28-21-10-9-16(15-17(21)24)20-11-12-22(29-20)23(27)25-18-7-3-4-8-19(18)26-13-5-2-6-14-26/h3-4,7-12,15H,2,5-6,13-14H2,1H3,(H,25,27). The summed E-state index contributed by atoms with van der Waals surface area (Å²) in [4.78, 5) is 15.1. The zero-order chi connectivity index (χ0) is 20.2. The fourth-order valence-corrected chi connectivity index (χ4v) is 3.87. The van der Waals surface area contributed by atoms with Gasteiger partial charge in [0.05, 0.1) is 23.5 Å². The smallest absolute Gasteiger partial charge is 0.291 e. The van der Waals surface area contributed by atoms with Crippen LogP contribution < -0.4 is 15.0 Å². The van der Waals surface area contributed by atoms with E-state index in [4.69, 9.17) is 20.8 Å². The molecule has 4 rings (SSSR count). The minimum Gasteiger partial charge on any atom is -0.495 e. The Balaban J connectivity index is 1.52. The van der Waals surface area contributed by atoms with Crippen molar-refractivity contribution in [1.82, 2.24) is 0 Å². The highest BCUT2D eigenvalue weighted by atomic mass is 35.5. The van der Waals surface area contributed by atoms with E-state index >= 15 is 0 Å². The minimum absolute atomic E-state index is 0.250. The van der Waals surface area contributed by atoms with Crippen molar-refractivity contribution in [3.8, 4) is 17.1 Å². The summed E-state index contributed by atoms with van der Waals surface area (Å²) in [7, 11) is 1.57. The highest BCUT2D eigenvalue weighted by molar-refractivity contribution is 6.32. The van der Waals surface area contributed by atoms with E-state index in [0.29, 0.717) is 16.5 Å². The Morgan fingerprint density at radius 1 is 1.07 bits per heavy atom. The Kier molecular flexibility index (Phi) is 5.76. The van der Waals surface area contributed by atoms with Gasteiger partial charge in [-0.05, 0) is 61.7 Å².